The van der Waals surface area contributed by atoms with E-state index in [0.29, 0.717) is 0 Å². The van der Waals surface area contributed by atoms with Gasteiger partial charge in [0.25, 0.3) is 11.8 Å². The largest absolute Gasteiger partial charge is 0.397 e. The second-order valence-electron chi connectivity index (χ2n) is 6.56. The van der Waals surface area contributed by atoms with Gasteiger partial charge in [-0.2, -0.15) is 0 Å². The molecule has 0 bridgehead atoms. The average molecular weight is 490 g/mol. The molecule has 168 valence electrons. The lowest BCUT2D eigenvalue weighted by atomic mass is 9.98. The molecule has 0 atom stereocenters. The van der Waals surface area contributed by atoms with Gasteiger partial charge in [0.1, 0.15) is 18.2 Å². The van der Waals surface area contributed by atoms with Crippen molar-refractivity contribution in [3.05, 3.63) is 69.5 Å². The minimum atomic E-state index is -0.782. The summed E-state index contributed by atoms with van der Waals surface area (Å²) in [4.78, 5) is 32.3. The van der Waals surface area contributed by atoms with Crippen LogP contribution in [0.5, 0.6) is 0 Å². The molecule has 0 radical (unpaired) electrons. The van der Waals surface area contributed by atoms with Gasteiger partial charge in [0, 0.05) is 23.9 Å². The van der Waals surface area contributed by atoms with Crippen LogP contribution in [0.1, 0.15) is 26.4 Å². The third kappa shape index (κ3) is 5.19. The number of nitrogen functional groups attached to an aromatic ring is 1. The van der Waals surface area contributed by atoms with Crippen LogP contribution in [0.25, 0.3) is 11.1 Å². The number of hydrogen-bond donors (Lipinski definition) is 3. The number of aromatic nitrogens is 2. The fourth-order valence-electron chi connectivity index (χ4n) is 2.92. The monoisotopic (exact) mass is 489 g/mol. The van der Waals surface area contributed by atoms with Crippen LogP contribution < -0.4 is 16.4 Å². The average Bonchev–Trinajstić information content (AvgIpc) is 2.78. The number of nitrogens with one attached hydrogen (secondary N) is 2. The molecule has 0 unspecified atom stereocenters. The Bertz CT molecular complexity index is 1290. The predicted molar refractivity (Wildman–Crippen MR) is 122 cm³/mol. The molecule has 0 saturated carbocycles. The highest BCUT2D eigenvalue weighted by Gasteiger charge is 2.20. The molecule has 0 fully saturated rings. The fourth-order valence-corrected chi connectivity index (χ4v) is 3.42. The molecule has 33 heavy (non-hydrogen) atoms. The second-order valence-corrected chi connectivity index (χ2v) is 7.38. The van der Waals surface area contributed by atoms with Crippen LogP contribution in [0.4, 0.5) is 20.2 Å². The summed E-state index contributed by atoms with van der Waals surface area (Å²) in [5.74, 6) is 0.180. The maximum atomic E-state index is 14.9. The van der Waals surface area contributed by atoms with E-state index < -0.39 is 24.3 Å². The molecule has 0 saturated heterocycles. The van der Waals surface area contributed by atoms with Gasteiger partial charge in [0.05, 0.1) is 44.9 Å². The summed E-state index contributed by atoms with van der Waals surface area (Å²) in [5.41, 5.74) is 6.37. The number of nitrogens with zero attached hydrogens (tertiary/aromatic N) is 2. The zero-order valence-electron chi connectivity index (χ0n) is 16.8. The number of alkyl halides is 1. The molecule has 0 spiro atoms. The number of carbonyl (C=O) groups excluding carboxylic acids is 2. The maximum Gasteiger partial charge on any atom is 0.271 e. The quantitative estimate of drug-likeness (QED) is 0.451. The normalized spacial score (nSPS) is 10.4. The van der Waals surface area contributed by atoms with Crippen LogP contribution >= 0.6 is 23.2 Å². The Labute approximate surface area is 197 Å². The smallest absolute Gasteiger partial charge is 0.271 e. The molecule has 3 aromatic rings. The Balaban J connectivity index is 1.88. The second kappa shape index (κ2) is 10.3. The minimum Gasteiger partial charge on any atom is -0.397 e. The van der Waals surface area contributed by atoms with E-state index in [9.17, 15) is 18.4 Å². The number of nitrogens with two attached hydrogens (primary N) is 1. The molecule has 2 amide bonds. The van der Waals surface area contributed by atoms with E-state index in [1.165, 1.54) is 30.7 Å². The highest BCUT2D eigenvalue weighted by molar-refractivity contribution is 6.35. The number of terminal acetylenes is 1. The van der Waals surface area contributed by atoms with Crippen molar-refractivity contribution in [1.82, 2.24) is 15.3 Å². The van der Waals surface area contributed by atoms with Crippen LogP contribution in [0.2, 0.25) is 10.0 Å². The predicted octanol–water partition coefficient (Wildman–Crippen LogP) is 4.10. The van der Waals surface area contributed by atoms with Gasteiger partial charge in [-0.1, -0.05) is 29.1 Å². The number of halogens is 4. The van der Waals surface area contributed by atoms with Crippen molar-refractivity contribution < 1.29 is 18.4 Å². The van der Waals surface area contributed by atoms with Crippen molar-refractivity contribution >= 4 is 46.4 Å². The van der Waals surface area contributed by atoms with Crippen molar-refractivity contribution in [1.29, 1.82) is 0 Å². The number of benzene rings is 1. The first kappa shape index (κ1) is 23.9. The third-order valence-electron chi connectivity index (χ3n) is 4.40. The first-order chi connectivity index (χ1) is 15.8. The topological polar surface area (TPSA) is 110 Å². The molecular formula is C22H15Cl2F2N5O2. The van der Waals surface area contributed by atoms with E-state index in [1.54, 1.807) is 0 Å². The highest BCUT2D eigenvalue weighted by atomic mass is 35.5. The molecule has 0 aliphatic carbocycles. The van der Waals surface area contributed by atoms with Gasteiger partial charge in [0.15, 0.2) is 0 Å². The number of rotatable bonds is 6. The summed E-state index contributed by atoms with van der Waals surface area (Å²) >= 11 is 12.3. The Morgan fingerprint density at radius 1 is 1.12 bits per heavy atom. The Hall–Kier alpha value is -3.74. The van der Waals surface area contributed by atoms with Crippen LogP contribution in [0.3, 0.4) is 0 Å². The molecule has 3 rings (SSSR count). The van der Waals surface area contributed by atoms with E-state index in [2.05, 4.69) is 26.5 Å². The summed E-state index contributed by atoms with van der Waals surface area (Å²) in [6.45, 7) is -0.936. The van der Waals surface area contributed by atoms with Crippen molar-refractivity contribution in [2.75, 3.05) is 24.3 Å². The van der Waals surface area contributed by atoms with Crippen LogP contribution in [-0.4, -0.2) is 35.0 Å². The molecule has 1 aromatic carbocycles. The Morgan fingerprint density at radius 3 is 2.55 bits per heavy atom. The van der Waals surface area contributed by atoms with E-state index in [1.807, 2.05) is 0 Å². The fraction of sp³-hybridized carbons (Fsp3) is 0.0909. The number of pyridine rings is 2. The summed E-state index contributed by atoms with van der Waals surface area (Å²) in [5, 5.41) is 4.62. The van der Waals surface area contributed by atoms with Gasteiger partial charge in [-0.3, -0.25) is 14.6 Å². The van der Waals surface area contributed by atoms with Gasteiger partial charge < -0.3 is 16.4 Å². The van der Waals surface area contributed by atoms with Gasteiger partial charge in [-0.15, -0.1) is 6.42 Å². The molecule has 2 heterocycles. The van der Waals surface area contributed by atoms with Gasteiger partial charge in [-0.05, 0) is 18.2 Å². The first-order valence-electron chi connectivity index (χ1n) is 9.27. The van der Waals surface area contributed by atoms with E-state index in [0.717, 1.165) is 6.07 Å². The molecular weight excluding hydrogens is 475 g/mol. The lowest BCUT2D eigenvalue weighted by molar-refractivity contribution is 0.0945. The van der Waals surface area contributed by atoms with E-state index >= 15 is 0 Å². The third-order valence-corrected chi connectivity index (χ3v) is 5.00. The molecule has 11 heteroatoms. The SMILES string of the molecule is C#Cc1cncc(N)c1-c1cc(Cl)c(C(=O)Nc2cnc(C(=O)NCCF)c(Cl)c2)cc1F. The van der Waals surface area contributed by atoms with Crippen LogP contribution in [0.15, 0.2) is 36.8 Å². The van der Waals surface area contributed by atoms with Crippen LogP contribution in [-0.2, 0) is 0 Å². The highest BCUT2D eigenvalue weighted by Crippen LogP contribution is 2.34. The lowest BCUT2D eigenvalue weighted by Gasteiger charge is -2.13. The molecule has 7 nitrogen and oxygen atoms in total. The van der Waals surface area contributed by atoms with Crippen molar-refractivity contribution in [2.24, 2.45) is 0 Å². The zero-order chi connectivity index (χ0) is 24.1. The van der Waals surface area contributed by atoms with Crippen LogP contribution in [0, 0.1) is 18.2 Å². The number of anilines is 2. The summed E-state index contributed by atoms with van der Waals surface area (Å²) in [6, 6.07) is 3.45. The van der Waals surface area contributed by atoms with E-state index in [-0.39, 0.29) is 55.9 Å². The molecule has 4 N–H and O–H groups in total. The lowest BCUT2D eigenvalue weighted by Crippen LogP contribution is -2.26. The van der Waals surface area contributed by atoms with Crippen molar-refractivity contribution in [3.63, 3.8) is 0 Å². The summed E-state index contributed by atoms with van der Waals surface area (Å²) < 4.78 is 27.1. The Morgan fingerprint density at radius 2 is 1.88 bits per heavy atom. The van der Waals surface area contributed by atoms with Crippen molar-refractivity contribution in [2.45, 2.75) is 0 Å². The number of hydrogen-bond acceptors (Lipinski definition) is 5. The van der Waals surface area contributed by atoms with E-state index in [4.69, 9.17) is 35.4 Å². The number of carbonyl (C=O) groups is 2. The summed E-state index contributed by atoms with van der Waals surface area (Å²) in [7, 11) is 0. The Kier molecular flexibility index (Phi) is 7.43. The summed E-state index contributed by atoms with van der Waals surface area (Å²) in [6.07, 6.45) is 9.30. The zero-order valence-corrected chi connectivity index (χ0v) is 18.3. The maximum absolute atomic E-state index is 14.9. The van der Waals surface area contributed by atoms with Gasteiger partial charge >= 0.3 is 0 Å². The number of amides is 2. The molecule has 2 aromatic heterocycles. The van der Waals surface area contributed by atoms with Gasteiger partial charge in [-0.25, -0.2) is 13.8 Å². The molecule has 0 aliphatic heterocycles. The molecule has 0 aliphatic rings. The first-order valence-corrected chi connectivity index (χ1v) is 10.0. The van der Waals surface area contributed by atoms with Gasteiger partial charge in [0.2, 0.25) is 0 Å². The minimum absolute atomic E-state index is 0.0118. The van der Waals surface area contributed by atoms with Crippen molar-refractivity contribution in [3.8, 4) is 23.5 Å². The standard InChI is InChI=1S/C22H15Cl2F2N5O2/c1-2-11-8-28-10-18(27)19(11)14-6-15(23)13(7-17(14)26)21(32)31-12-5-16(24)20(30-9-12)22(33)29-4-3-25/h1,5-10H,3-4,27H2,(H,29,33)(H,31,32).